The van der Waals surface area contributed by atoms with Crippen molar-refractivity contribution in [3.63, 3.8) is 0 Å². The summed E-state index contributed by atoms with van der Waals surface area (Å²) in [7, 11) is 2.01. The van der Waals surface area contributed by atoms with Crippen LogP contribution in [0.2, 0.25) is 0 Å². The Morgan fingerprint density at radius 2 is 1.65 bits per heavy atom. The van der Waals surface area contributed by atoms with Gasteiger partial charge in [-0.05, 0) is 81.5 Å². The van der Waals surface area contributed by atoms with Gasteiger partial charge >= 0.3 is 0 Å². The Morgan fingerprint density at radius 1 is 0.875 bits per heavy atom. The van der Waals surface area contributed by atoms with E-state index in [1.54, 1.807) is 6.20 Å². The average molecular weight is 536 g/mol. The van der Waals surface area contributed by atoms with Crippen LogP contribution in [0.15, 0.2) is 85.1 Å². The van der Waals surface area contributed by atoms with Gasteiger partial charge in [-0.15, -0.1) is 0 Å². The first-order chi connectivity index (χ1) is 19.7. The number of benzene rings is 2. The minimum absolute atomic E-state index is 0.445. The quantitative estimate of drug-likeness (QED) is 0.186. The van der Waals surface area contributed by atoms with Crippen LogP contribution < -0.4 is 11.1 Å². The molecule has 0 unspecified atom stereocenters. The van der Waals surface area contributed by atoms with Gasteiger partial charge in [0.25, 0.3) is 0 Å². The predicted molar refractivity (Wildman–Crippen MR) is 167 cm³/mol. The van der Waals surface area contributed by atoms with Crippen molar-refractivity contribution in [2.45, 2.75) is 40.2 Å². The van der Waals surface area contributed by atoms with Crippen LogP contribution in [0.3, 0.4) is 0 Å². The highest BCUT2D eigenvalue weighted by Gasteiger charge is 2.19. The van der Waals surface area contributed by atoms with Crippen molar-refractivity contribution < 1.29 is 0 Å². The maximum atomic E-state index is 6.30. The number of pyridine rings is 2. The number of rotatable bonds is 11. The molecule has 5 rings (SSSR count). The maximum Gasteiger partial charge on any atom is 0.165 e. The number of anilines is 1. The first-order valence-electron chi connectivity index (χ1n) is 14.3. The molecule has 7 nitrogen and oxygen atoms in total. The van der Waals surface area contributed by atoms with Gasteiger partial charge in [-0.3, -0.25) is 9.47 Å². The van der Waals surface area contributed by atoms with Crippen LogP contribution in [0.1, 0.15) is 39.2 Å². The lowest BCUT2D eigenvalue weighted by Crippen LogP contribution is -2.24. The van der Waals surface area contributed by atoms with E-state index in [1.807, 2.05) is 63.4 Å². The number of aromatic nitrogens is 4. The van der Waals surface area contributed by atoms with Gasteiger partial charge in [0.05, 0.1) is 11.3 Å². The fraction of sp³-hybridized carbons (Fsp3) is 0.303. The summed E-state index contributed by atoms with van der Waals surface area (Å²) in [4.78, 5) is 16.8. The Balaban J connectivity index is 0.00000181. The topological polar surface area (TPSA) is 84.9 Å². The van der Waals surface area contributed by atoms with Gasteiger partial charge in [0.1, 0.15) is 11.3 Å². The van der Waals surface area contributed by atoms with Crippen LogP contribution in [0, 0.1) is 0 Å². The molecule has 0 fully saturated rings. The number of nitrogen functional groups attached to an aromatic ring is 1. The van der Waals surface area contributed by atoms with Crippen molar-refractivity contribution in [1.29, 1.82) is 0 Å². The number of imidazole rings is 1. The zero-order valence-electron chi connectivity index (χ0n) is 24.1. The number of hydrogen-bond acceptors (Lipinski definition) is 6. The molecule has 0 radical (unpaired) electrons. The third-order valence-electron chi connectivity index (χ3n) is 6.85. The van der Waals surface area contributed by atoms with E-state index in [1.165, 1.54) is 18.4 Å². The third kappa shape index (κ3) is 6.73. The van der Waals surface area contributed by atoms with Gasteiger partial charge in [0, 0.05) is 24.0 Å². The molecule has 3 heterocycles. The second kappa shape index (κ2) is 14.4. The molecule has 0 aliphatic heterocycles. The van der Waals surface area contributed by atoms with Crippen molar-refractivity contribution in [3.8, 4) is 28.3 Å². The molecule has 0 saturated carbocycles. The van der Waals surface area contributed by atoms with Crippen LogP contribution in [-0.2, 0) is 6.54 Å². The average Bonchev–Trinajstić information content (AvgIpc) is 3.39. The molecule has 40 heavy (non-hydrogen) atoms. The lowest BCUT2D eigenvalue weighted by atomic mass is 10.1. The first kappa shape index (κ1) is 28.9. The van der Waals surface area contributed by atoms with E-state index in [0.29, 0.717) is 5.82 Å². The largest absolute Gasteiger partial charge is 0.383 e. The minimum atomic E-state index is 0.445. The smallest absolute Gasteiger partial charge is 0.165 e. The summed E-state index contributed by atoms with van der Waals surface area (Å²) < 4.78 is 2.09. The van der Waals surface area contributed by atoms with Crippen molar-refractivity contribution >= 4 is 17.0 Å². The second-order valence-corrected chi connectivity index (χ2v) is 9.46. The molecule has 2 aromatic carbocycles. The Bertz CT molecular complexity index is 1480. The number of nitrogens with zero attached hydrogens (tertiary/aromatic N) is 5. The van der Waals surface area contributed by atoms with Crippen molar-refractivity contribution in [2.24, 2.45) is 0 Å². The summed E-state index contributed by atoms with van der Waals surface area (Å²) in [6.07, 6.45) is 4.08. The van der Waals surface area contributed by atoms with Crippen molar-refractivity contribution in [2.75, 3.05) is 32.4 Å². The van der Waals surface area contributed by atoms with Gasteiger partial charge < -0.3 is 11.1 Å². The molecule has 0 saturated heterocycles. The number of nitrogens with one attached hydrogen (secondary N) is 1. The summed E-state index contributed by atoms with van der Waals surface area (Å²) >= 11 is 0. The summed E-state index contributed by atoms with van der Waals surface area (Å²) in [6.45, 7) is 10.4. The minimum Gasteiger partial charge on any atom is -0.383 e. The predicted octanol–water partition coefficient (Wildman–Crippen LogP) is 6.58. The van der Waals surface area contributed by atoms with Crippen LogP contribution in [-0.4, -0.2) is 51.1 Å². The van der Waals surface area contributed by atoms with Gasteiger partial charge in [-0.1, -0.05) is 63.2 Å². The summed E-state index contributed by atoms with van der Waals surface area (Å²) in [5, 5.41) is 3.23. The Morgan fingerprint density at radius 3 is 2.35 bits per heavy atom. The Labute approximate surface area is 238 Å². The van der Waals surface area contributed by atoms with E-state index < -0.39 is 0 Å². The van der Waals surface area contributed by atoms with E-state index in [-0.39, 0.29) is 0 Å². The standard InChI is InChI=1S/C31H35N7.C2H6/c1-3-37(21-8-7-19-33-2)22-23-13-15-25(16-14-23)38-30(26-12-9-20-34-29(26)32)36-28-18-17-27(35-31(28)38)24-10-5-4-6-11-24;1-2/h4-6,9-18,20,33H,3,7-8,19,21-22H2,1-2H3,(H2,32,34);1-2H3. The zero-order chi connectivity index (χ0) is 28.3. The highest BCUT2D eigenvalue weighted by atomic mass is 15.1. The molecule has 3 aromatic heterocycles. The van der Waals surface area contributed by atoms with Crippen molar-refractivity contribution in [3.05, 3.63) is 90.6 Å². The summed E-state index contributed by atoms with van der Waals surface area (Å²) in [5.74, 6) is 1.18. The number of nitrogens with two attached hydrogens (primary N) is 1. The highest BCUT2D eigenvalue weighted by Crippen LogP contribution is 2.31. The SMILES string of the molecule is CC.CCN(CCCCNC)Cc1ccc(-n2c(-c3cccnc3N)nc3ccc(-c4ccccc4)nc32)cc1. The fourth-order valence-corrected chi connectivity index (χ4v) is 4.75. The molecule has 5 aromatic rings. The lowest BCUT2D eigenvalue weighted by Gasteiger charge is -2.20. The fourth-order valence-electron chi connectivity index (χ4n) is 4.75. The monoisotopic (exact) mass is 535 g/mol. The van der Waals surface area contributed by atoms with Gasteiger partial charge in [0.15, 0.2) is 11.5 Å². The summed E-state index contributed by atoms with van der Waals surface area (Å²) in [5.41, 5.74) is 12.9. The van der Waals surface area contributed by atoms with E-state index in [4.69, 9.17) is 15.7 Å². The molecule has 0 aliphatic rings. The molecule has 7 heteroatoms. The van der Waals surface area contributed by atoms with Crippen molar-refractivity contribution in [1.82, 2.24) is 29.7 Å². The van der Waals surface area contributed by atoms with Gasteiger partial charge in [-0.25, -0.2) is 15.0 Å². The Kier molecular flexibility index (Phi) is 10.4. The molecule has 0 amide bonds. The van der Waals surface area contributed by atoms with E-state index in [2.05, 4.69) is 63.1 Å². The maximum absolute atomic E-state index is 6.30. The third-order valence-corrected chi connectivity index (χ3v) is 6.85. The van der Waals surface area contributed by atoms with Crippen LogP contribution in [0.5, 0.6) is 0 Å². The molecular formula is C33H41N7. The molecule has 208 valence electrons. The molecule has 0 spiro atoms. The summed E-state index contributed by atoms with van der Waals surface area (Å²) in [6, 6.07) is 26.8. The van der Waals surface area contributed by atoms with Crippen LogP contribution in [0.4, 0.5) is 5.82 Å². The van der Waals surface area contributed by atoms with E-state index in [9.17, 15) is 0 Å². The molecule has 3 N–H and O–H groups in total. The number of fused-ring (bicyclic) bond motifs is 1. The molecule has 0 bridgehead atoms. The van der Waals surface area contributed by atoms with Crippen LogP contribution >= 0.6 is 0 Å². The zero-order valence-corrected chi connectivity index (χ0v) is 24.1. The second-order valence-electron chi connectivity index (χ2n) is 9.46. The van der Waals surface area contributed by atoms with Gasteiger partial charge in [0.2, 0.25) is 0 Å². The highest BCUT2D eigenvalue weighted by molar-refractivity contribution is 5.84. The van der Waals surface area contributed by atoms with Gasteiger partial charge in [-0.2, -0.15) is 0 Å². The molecule has 0 atom stereocenters. The molecular weight excluding hydrogens is 494 g/mol. The first-order valence-corrected chi connectivity index (χ1v) is 14.3. The van der Waals surface area contributed by atoms with Crippen LogP contribution in [0.25, 0.3) is 39.5 Å². The molecule has 0 aliphatic carbocycles. The number of hydrogen-bond donors (Lipinski definition) is 2. The van der Waals surface area contributed by atoms with E-state index in [0.717, 1.165) is 65.7 Å². The van der Waals surface area contributed by atoms with E-state index >= 15 is 0 Å². The number of unbranched alkanes of at least 4 members (excludes halogenated alkanes) is 1. The lowest BCUT2D eigenvalue weighted by molar-refractivity contribution is 0.273. The Hall–Kier alpha value is -4.07. The normalized spacial score (nSPS) is 11.0.